The second kappa shape index (κ2) is 6.11. The van der Waals surface area contributed by atoms with E-state index in [1.54, 1.807) is 6.26 Å². The van der Waals surface area contributed by atoms with Crippen molar-refractivity contribution in [3.05, 3.63) is 11.8 Å². The SMILES string of the molecule is CCO/C=C1\C[C@@]2(C)[C@@H](CC[C@@H]3[C@@H]2CC[C@]2(C)[C@@H](O)CC[C@@H]32)CC1=O. The summed E-state index contributed by atoms with van der Waals surface area (Å²) in [4.78, 5) is 12.6. The Morgan fingerprint density at radius 1 is 1.12 bits per heavy atom. The van der Waals surface area contributed by atoms with Gasteiger partial charge < -0.3 is 9.84 Å². The largest absolute Gasteiger partial charge is 0.501 e. The molecule has 0 aromatic carbocycles. The fourth-order valence-electron chi connectivity index (χ4n) is 7.27. The fraction of sp³-hybridized carbons (Fsp3) is 0.864. The van der Waals surface area contributed by atoms with Gasteiger partial charge in [-0.2, -0.15) is 0 Å². The summed E-state index contributed by atoms with van der Waals surface area (Å²) in [5.74, 6) is 2.96. The molecule has 4 aliphatic carbocycles. The van der Waals surface area contributed by atoms with Crippen LogP contribution in [0.1, 0.15) is 72.1 Å². The van der Waals surface area contributed by atoms with Gasteiger partial charge in [0, 0.05) is 12.0 Å². The number of ether oxygens (including phenoxy) is 1. The average molecular weight is 347 g/mol. The van der Waals surface area contributed by atoms with Crippen molar-refractivity contribution in [1.82, 2.24) is 0 Å². The Bertz CT molecular complexity index is 582. The third-order valence-corrected chi connectivity index (χ3v) is 8.77. The Kier molecular flexibility index (Phi) is 4.30. The molecule has 0 amide bonds. The van der Waals surface area contributed by atoms with E-state index in [1.165, 1.54) is 25.7 Å². The number of rotatable bonds is 2. The lowest BCUT2D eigenvalue weighted by Crippen LogP contribution is -2.54. The standard InChI is InChI=1S/C22H34O3/c1-4-25-13-14-12-22(3)15(11-19(14)23)5-6-16-17-7-8-20(24)21(17,2)10-9-18(16)22/h13,15-18,20,24H,4-12H2,1-3H3/b14-13+/t15-,16-,17-,18-,20-,21-,22-/m0/s1. The Hall–Kier alpha value is -0.830. The predicted molar refractivity (Wildman–Crippen MR) is 97.8 cm³/mol. The Morgan fingerprint density at radius 3 is 2.64 bits per heavy atom. The van der Waals surface area contributed by atoms with Gasteiger partial charge in [0.2, 0.25) is 0 Å². The van der Waals surface area contributed by atoms with Crippen molar-refractivity contribution >= 4 is 5.78 Å². The normalized spacial score (nSPS) is 51.0. The molecule has 3 nitrogen and oxygen atoms in total. The molecule has 0 bridgehead atoms. The van der Waals surface area contributed by atoms with E-state index in [1.807, 2.05) is 6.92 Å². The first kappa shape index (κ1) is 17.6. The third kappa shape index (κ3) is 2.52. The zero-order valence-electron chi connectivity index (χ0n) is 16.1. The van der Waals surface area contributed by atoms with Crippen LogP contribution in [0.5, 0.6) is 0 Å². The molecule has 4 fully saturated rings. The molecule has 7 atom stereocenters. The number of carbonyl (C=O) groups excluding carboxylic acids is 1. The number of allylic oxidation sites excluding steroid dienone is 1. The number of carbonyl (C=O) groups is 1. The molecule has 0 aromatic rings. The highest BCUT2D eigenvalue weighted by molar-refractivity contribution is 5.96. The van der Waals surface area contributed by atoms with E-state index in [2.05, 4.69) is 13.8 Å². The lowest BCUT2D eigenvalue weighted by Gasteiger charge is -2.60. The minimum absolute atomic E-state index is 0.106. The smallest absolute Gasteiger partial charge is 0.162 e. The molecule has 3 heteroatoms. The van der Waals surface area contributed by atoms with Crippen LogP contribution in [0.4, 0.5) is 0 Å². The fourth-order valence-corrected chi connectivity index (χ4v) is 7.27. The second-order valence-corrected chi connectivity index (χ2v) is 9.70. The first-order valence-corrected chi connectivity index (χ1v) is 10.4. The molecule has 4 aliphatic rings. The lowest BCUT2D eigenvalue weighted by atomic mass is 9.45. The number of fused-ring (bicyclic) bond motifs is 5. The molecule has 0 aliphatic heterocycles. The summed E-state index contributed by atoms with van der Waals surface area (Å²) in [6.07, 6.45) is 10.2. The summed E-state index contributed by atoms with van der Waals surface area (Å²) in [5.41, 5.74) is 1.29. The van der Waals surface area contributed by atoms with Gasteiger partial charge in [0.1, 0.15) is 0 Å². The first-order valence-electron chi connectivity index (χ1n) is 10.4. The van der Waals surface area contributed by atoms with Crippen LogP contribution in [0.2, 0.25) is 0 Å². The van der Waals surface area contributed by atoms with Gasteiger partial charge in [-0.05, 0) is 86.4 Å². The molecule has 0 aromatic heterocycles. The van der Waals surface area contributed by atoms with Crippen LogP contribution < -0.4 is 0 Å². The molecule has 140 valence electrons. The third-order valence-electron chi connectivity index (χ3n) is 8.77. The van der Waals surface area contributed by atoms with Gasteiger partial charge in [-0.15, -0.1) is 0 Å². The van der Waals surface area contributed by atoms with Gasteiger partial charge in [-0.25, -0.2) is 0 Å². The van der Waals surface area contributed by atoms with Crippen molar-refractivity contribution in [2.24, 2.45) is 34.5 Å². The lowest BCUT2D eigenvalue weighted by molar-refractivity contribution is -0.135. The highest BCUT2D eigenvalue weighted by Gasteiger charge is 2.60. The number of hydrogen-bond donors (Lipinski definition) is 1. The minimum atomic E-state index is -0.106. The Labute approximate surface area is 152 Å². The second-order valence-electron chi connectivity index (χ2n) is 9.70. The predicted octanol–water partition coefficient (Wildman–Crippen LogP) is 4.49. The zero-order valence-corrected chi connectivity index (χ0v) is 16.1. The zero-order chi connectivity index (χ0) is 17.8. The van der Waals surface area contributed by atoms with Crippen molar-refractivity contribution in [2.45, 2.75) is 78.2 Å². The van der Waals surface area contributed by atoms with Crippen LogP contribution in [-0.4, -0.2) is 23.6 Å². The summed E-state index contributed by atoms with van der Waals surface area (Å²) in [6, 6.07) is 0. The van der Waals surface area contributed by atoms with Gasteiger partial charge in [-0.3, -0.25) is 4.79 Å². The maximum absolute atomic E-state index is 12.6. The quantitative estimate of drug-likeness (QED) is 0.592. The summed E-state index contributed by atoms with van der Waals surface area (Å²) in [7, 11) is 0. The molecule has 4 saturated carbocycles. The molecule has 0 heterocycles. The molecule has 0 saturated heterocycles. The van der Waals surface area contributed by atoms with Crippen molar-refractivity contribution < 1.29 is 14.6 Å². The maximum Gasteiger partial charge on any atom is 0.162 e. The molecule has 4 rings (SSSR count). The van der Waals surface area contributed by atoms with Crippen LogP contribution in [-0.2, 0) is 9.53 Å². The van der Waals surface area contributed by atoms with Crippen molar-refractivity contribution in [3.8, 4) is 0 Å². The summed E-state index contributed by atoms with van der Waals surface area (Å²) < 4.78 is 5.49. The van der Waals surface area contributed by atoms with Gasteiger partial charge in [0.25, 0.3) is 0 Å². The average Bonchev–Trinajstić information content (AvgIpc) is 2.89. The Morgan fingerprint density at radius 2 is 1.88 bits per heavy atom. The van der Waals surface area contributed by atoms with Crippen LogP contribution >= 0.6 is 0 Å². The highest BCUT2D eigenvalue weighted by atomic mass is 16.5. The van der Waals surface area contributed by atoms with Crippen molar-refractivity contribution in [1.29, 1.82) is 0 Å². The first-order chi connectivity index (χ1) is 11.9. The molecular formula is C22H34O3. The van der Waals surface area contributed by atoms with E-state index < -0.39 is 0 Å². The van der Waals surface area contributed by atoms with E-state index in [0.717, 1.165) is 30.8 Å². The molecule has 1 N–H and O–H groups in total. The van der Waals surface area contributed by atoms with E-state index >= 15 is 0 Å². The summed E-state index contributed by atoms with van der Waals surface area (Å²) in [6.45, 7) is 7.39. The van der Waals surface area contributed by atoms with Crippen LogP contribution in [0.15, 0.2) is 11.8 Å². The van der Waals surface area contributed by atoms with Crippen LogP contribution in [0, 0.1) is 34.5 Å². The number of aliphatic hydroxyl groups excluding tert-OH is 1. The molecular weight excluding hydrogens is 312 g/mol. The van der Waals surface area contributed by atoms with E-state index in [4.69, 9.17) is 4.74 Å². The molecule has 0 radical (unpaired) electrons. The highest BCUT2D eigenvalue weighted by Crippen LogP contribution is 2.66. The number of Topliss-reactive ketones (excluding diaryl/α,β-unsaturated/α-hetero) is 1. The van der Waals surface area contributed by atoms with Crippen LogP contribution in [0.3, 0.4) is 0 Å². The number of aliphatic hydroxyl groups is 1. The van der Waals surface area contributed by atoms with Gasteiger partial charge in [0.15, 0.2) is 5.78 Å². The van der Waals surface area contributed by atoms with Crippen molar-refractivity contribution in [3.63, 3.8) is 0 Å². The number of ketones is 1. The maximum atomic E-state index is 12.6. The van der Waals surface area contributed by atoms with Crippen molar-refractivity contribution in [2.75, 3.05) is 6.61 Å². The molecule has 25 heavy (non-hydrogen) atoms. The topological polar surface area (TPSA) is 46.5 Å². The molecule has 0 spiro atoms. The van der Waals surface area contributed by atoms with Crippen LogP contribution in [0.25, 0.3) is 0 Å². The van der Waals surface area contributed by atoms with Gasteiger partial charge in [-0.1, -0.05) is 13.8 Å². The number of hydrogen-bond acceptors (Lipinski definition) is 3. The Balaban J connectivity index is 1.62. The monoisotopic (exact) mass is 346 g/mol. The summed E-state index contributed by atoms with van der Waals surface area (Å²) in [5, 5.41) is 10.6. The molecule has 0 unspecified atom stereocenters. The van der Waals surface area contributed by atoms with Gasteiger partial charge >= 0.3 is 0 Å². The van der Waals surface area contributed by atoms with Gasteiger partial charge in [0.05, 0.1) is 19.0 Å². The summed E-state index contributed by atoms with van der Waals surface area (Å²) >= 11 is 0. The van der Waals surface area contributed by atoms with E-state index in [0.29, 0.717) is 36.6 Å². The minimum Gasteiger partial charge on any atom is -0.501 e. The van der Waals surface area contributed by atoms with E-state index in [9.17, 15) is 9.90 Å². The van der Waals surface area contributed by atoms with E-state index in [-0.39, 0.29) is 16.9 Å².